The lowest BCUT2D eigenvalue weighted by Gasteiger charge is -2.02. The number of aromatic nitrogens is 4. The highest BCUT2D eigenvalue weighted by molar-refractivity contribution is 9.10. The van der Waals surface area contributed by atoms with Gasteiger partial charge in [0, 0.05) is 18.0 Å². The van der Waals surface area contributed by atoms with Crippen molar-refractivity contribution in [3.05, 3.63) is 33.8 Å². The van der Waals surface area contributed by atoms with E-state index < -0.39 is 0 Å². The Kier molecular flexibility index (Phi) is 3.25. The third-order valence-electron chi connectivity index (χ3n) is 2.24. The molecular formula is C10H10BrClN4. The first-order valence-corrected chi connectivity index (χ1v) is 6.05. The molecule has 2 aromatic rings. The zero-order valence-electron chi connectivity index (χ0n) is 8.91. The van der Waals surface area contributed by atoms with Crippen molar-refractivity contribution in [3.8, 4) is 5.95 Å². The third-order valence-corrected chi connectivity index (χ3v) is 3.69. The van der Waals surface area contributed by atoms with E-state index in [0.717, 1.165) is 21.4 Å². The van der Waals surface area contributed by atoms with Gasteiger partial charge in [0.1, 0.15) is 0 Å². The molecule has 0 aromatic carbocycles. The summed E-state index contributed by atoms with van der Waals surface area (Å²) in [4.78, 5) is 8.44. The normalized spacial score (nSPS) is 10.8. The Morgan fingerprint density at radius 2 is 1.94 bits per heavy atom. The average Bonchev–Trinajstić information content (AvgIpc) is 2.57. The molecule has 2 rings (SSSR count). The molecule has 16 heavy (non-hydrogen) atoms. The highest BCUT2D eigenvalue weighted by Gasteiger charge is 2.11. The zero-order valence-corrected chi connectivity index (χ0v) is 11.2. The highest BCUT2D eigenvalue weighted by atomic mass is 79.9. The monoisotopic (exact) mass is 300 g/mol. The SMILES string of the molecule is Cc1nn(-c2ncc(CCl)cn2)c(C)c1Br. The summed E-state index contributed by atoms with van der Waals surface area (Å²) in [7, 11) is 0. The molecule has 84 valence electrons. The number of nitrogens with zero attached hydrogens (tertiary/aromatic N) is 4. The summed E-state index contributed by atoms with van der Waals surface area (Å²) in [5.41, 5.74) is 2.80. The van der Waals surface area contributed by atoms with E-state index in [-0.39, 0.29) is 0 Å². The van der Waals surface area contributed by atoms with Crippen LogP contribution in [0.2, 0.25) is 0 Å². The van der Waals surface area contributed by atoms with Crippen molar-refractivity contribution in [1.82, 2.24) is 19.7 Å². The molecule has 0 atom stereocenters. The molecule has 0 radical (unpaired) electrons. The van der Waals surface area contributed by atoms with Crippen LogP contribution in [0.1, 0.15) is 17.0 Å². The number of hydrogen-bond donors (Lipinski definition) is 0. The van der Waals surface area contributed by atoms with Crippen molar-refractivity contribution in [2.45, 2.75) is 19.7 Å². The van der Waals surface area contributed by atoms with E-state index in [1.54, 1.807) is 17.1 Å². The van der Waals surface area contributed by atoms with E-state index in [4.69, 9.17) is 11.6 Å². The van der Waals surface area contributed by atoms with E-state index >= 15 is 0 Å². The van der Waals surface area contributed by atoms with Crippen molar-refractivity contribution in [2.24, 2.45) is 0 Å². The van der Waals surface area contributed by atoms with Crippen molar-refractivity contribution in [3.63, 3.8) is 0 Å². The van der Waals surface area contributed by atoms with Gasteiger partial charge in [0.25, 0.3) is 5.95 Å². The number of alkyl halides is 1. The molecule has 0 aliphatic heterocycles. The van der Waals surface area contributed by atoms with Crippen LogP contribution in [0, 0.1) is 13.8 Å². The average molecular weight is 302 g/mol. The smallest absolute Gasteiger partial charge is 0.219 e. The fourth-order valence-corrected chi connectivity index (χ4v) is 1.73. The van der Waals surface area contributed by atoms with Gasteiger partial charge in [-0.05, 0) is 29.8 Å². The van der Waals surface area contributed by atoms with Crippen LogP contribution in [0.25, 0.3) is 5.95 Å². The maximum atomic E-state index is 5.68. The number of halogens is 2. The van der Waals surface area contributed by atoms with Crippen molar-refractivity contribution in [2.75, 3.05) is 0 Å². The number of aryl methyl sites for hydroxylation is 1. The first-order valence-electron chi connectivity index (χ1n) is 4.72. The second kappa shape index (κ2) is 4.51. The van der Waals surface area contributed by atoms with Gasteiger partial charge >= 0.3 is 0 Å². The van der Waals surface area contributed by atoms with Gasteiger partial charge in [-0.25, -0.2) is 14.6 Å². The molecule has 4 nitrogen and oxygen atoms in total. The minimum Gasteiger partial charge on any atom is -0.219 e. The van der Waals surface area contributed by atoms with Crippen LogP contribution in [0.15, 0.2) is 16.9 Å². The molecule has 0 fully saturated rings. The molecule has 0 N–H and O–H groups in total. The third kappa shape index (κ3) is 1.97. The van der Waals surface area contributed by atoms with E-state index in [2.05, 4.69) is 31.0 Å². The van der Waals surface area contributed by atoms with Crippen LogP contribution in [-0.4, -0.2) is 19.7 Å². The molecule has 0 bridgehead atoms. The molecule has 6 heteroatoms. The molecule has 0 spiro atoms. The Bertz CT molecular complexity index is 506. The van der Waals surface area contributed by atoms with Crippen LogP contribution in [-0.2, 0) is 5.88 Å². The standard InChI is InChI=1S/C10H10BrClN4/c1-6-9(11)7(2)16(15-6)10-13-4-8(3-12)5-14-10/h4-5H,3H2,1-2H3. The van der Waals surface area contributed by atoms with Gasteiger partial charge in [-0.3, -0.25) is 0 Å². The lowest BCUT2D eigenvalue weighted by molar-refractivity contribution is 0.771. The van der Waals surface area contributed by atoms with Crippen LogP contribution in [0.4, 0.5) is 0 Å². The Balaban J connectivity index is 2.46. The van der Waals surface area contributed by atoms with Crippen LogP contribution >= 0.6 is 27.5 Å². The fraction of sp³-hybridized carbons (Fsp3) is 0.300. The second-order valence-corrected chi connectivity index (χ2v) is 4.48. The molecule has 0 aliphatic rings. The zero-order chi connectivity index (χ0) is 11.7. The van der Waals surface area contributed by atoms with E-state index in [0.29, 0.717) is 11.8 Å². The van der Waals surface area contributed by atoms with E-state index in [1.165, 1.54) is 0 Å². The Morgan fingerprint density at radius 1 is 1.31 bits per heavy atom. The van der Waals surface area contributed by atoms with Gasteiger partial charge in [0.15, 0.2) is 0 Å². The first-order chi connectivity index (χ1) is 7.63. The number of rotatable bonds is 2. The lowest BCUT2D eigenvalue weighted by Crippen LogP contribution is -2.05. The van der Waals surface area contributed by atoms with E-state index in [1.807, 2.05) is 13.8 Å². The minimum atomic E-state index is 0.418. The molecule has 2 aromatic heterocycles. The lowest BCUT2D eigenvalue weighted by atomic mass is 10.4. The molecule has 0 aliphatic carbocycles. The Morgan fingerprint density at radius 3 is 2.38 bits per heavy atom. The summed E-state index contributed by atoms with van der Waals surface area (Å²) in [5.74, 6) is 0.973. The fourth-order valence-electron chi connectivity index (χ4n) is 1.34. The molecular weight excluding hydrogens is 291 g/mol. The quantitative estimate of drug-likeness (QED) is 0.801. The summed E-state index contributed by atoms with van der Waals surface area (Å²) in [6.07, 6.45) is 3.42. The summed E-state index contributed by atoms with van der Waals surface area (Å²) in [6.45, 7) is 3.89. The van der Waals surface area contributed by atoms with E-state index in [9.17, 15) is 0 Å². The van der Waals surface area contributed by atoms with Gasteiger partial charge in [0.2, 0.25) is 0 Å². The minimum absolute atomic E-state index is 0.418. The van der Waals surface area contributed by atoms with Crippen molar-refractivity contribution < 1.29 is 0 Å². The summed E-state index contributed by atoms with van der Waals surface area (Å²) >= 11 is 9.14. The van der Waals surface area contributed by atoms with Gasteiger partial charge < -0.3 is 0 Å². The highest BCUT2D eigenvalue weighted by Crippen LogP contribution is 2.21. The van der Waals surface area contributed by atoms with Crippen LogP contribution in [0.5, 0.6) is 0 Å². The van der Waals surface area contributed by atoms with Crippen molar-refractivity contribution in [1.29, 1.82) is 0 Å². The summed E-state index contributed by atoms with van der Waals surface area (Å²) < 4.78 is 2.69. The topological polar surface area (TPSA) is 43.6 Å². The maximum Gasteiger partial charge on any atom is 0.250 e. The maximum absolute atomic E-state index is 5.68. The van der Waals surface area contributed by atoms with Crippen molar-refractivity contribution >= 4 is 27.5 Å². The molecule has 2 heterocycles. The van der Waals surface area contributed by atoms with Gasteiger partial charge in [-0.2, -0.15) is 5.10 Å². The Hall–Kier alpha value is -0.940. The molecule has 0 unspecified atom stereocenters. The molecule has 0 saturated carbocycles. The van der Waals surface area contributed by atoms with Gasteiger partial charge in [-0.1, -0.05) is 0 Å². The first kappa shape index (κ1) is 11.5. The predicted molar refractivity (Wildman–Crippen MR) is 65.9 cm³/mol. The molecule has 0 amide bonds. The number of hydrogen-bond acceptors (Lipinski definition) is 3. The van der Waals surface area contributed by atoms with Crippen LogP contribution in [0.3, 0.4) is 0 Å². The summed E-state index contributed by atoms with van der Waals surface area (Å²) in [5, 5.41) is 4.35. The predicted octanol–water partition coefficient (Wildman–Crippen LogP) is 2.78. The van der Waals surface area contributed by atoms with Gasteiger partial charge in [0.05, 0.1) is 21.7 Å². The second-order valence-electron chi connectivity index (χ2n) is 3.42. The van der Waals surface area contributed by atoms with Gasteiger partial charge in [-0.15, -0.1) is 11.6 Å². The summed E-state index contributed by atoms with van der Waals surface area (Å²) in [6, 6.07) is 0. The largest absolute Gasteiger partial charge is 0.250 e. The Labute approximate surface area is 107 Å². The van der Waals surface area contributed by atoms with Crippen LogP contribution < -0.4 is 0 Å². The molecule has 0 saturated heterocycles.